The maximum absolute atomic E-state index is 13.4. The van der Waals surface area contributed by atoms with E-state index in [0.717, 1.165) is 29.8 Å². The lowest BCUT2D eigenvalue weighted by Gasteiger charge is -2.42. The third-order valence-electron chi connectivity index (χ3n) is 5.55. The van der Waals surface area contributed by atoms with Gasteiger partial charge in [0, 0.05) is 17.4 Å². The summed E-state index contributed by atoms with van der Waals surface area (Å²) >= 11 is 1.52. The van der Waals surface area contributed by atoms with Crippen molar-refractivity contribution < 1.29 is 9.59 Å². The Hall–Kier alpha value is -1.29. The molecule has 2 aliphatic carbocycles. The van der Waals surface area contributed by atoms with Crippen molar-refractivity contribution in [1.29, 1.82) is 0 Å². The number of fused-ring (bicyclic) bond motifs is 1. The summed E-state index contributed by atoms with van der Waals surface area (Å²) in [4.78, 5) is 29.1. The van der Waals surface area contributed by atoms with E-state index in [9.17, 15) is 9.59 Å². The summed E-state index contributed by atoms with van der Waals surface area (Å²) in [5.41, 5.74) is 1.03. The third kappa shape index (κ3) is 2.42. The van der Waals surface area contributed by atoms with Crippen molar-refractivity contribution in [3.63, 3.8) is 0 Å². The maximum Gasteiger partial charge on any atom is 0.251 e. The Morgan fingerprint density at radius 1 is 1.00 bits per heavy atom. The van der Waals surface area contributed by atoms with E-state index >= 15 is 0 Å². The SMILES string of the molecule is O=C1CCCC12Sc1ccccc1N(C1CCCCCC1)C2=O. The second-order valence-electron chi connectivity index (χ2n) is 6.99. The van der Waals surface area contributed by atoms with Crippen molar-refractivity contribution in [3.05, 3.63) is 24.3 Å². The van der Waals surface area contributed by atoms with Crippen LogP contribution in [0.4, 0.5) is 5.69 Å². The van der Waals surface area contributed by atoms with Crippen molar-refractivity contribution in [1.82, 2.24) is 0 Å². The van der Waals surface area contributed by atoms with Gasteiger partial charge < -0.3 is 4.90 Å². The molecule has 1 aromatic rings. The molecule has 0 saturated heterocycles. The van der Waals surface area contributed by atoms with E-state index in [1.54, 1.807) is 0 Å². The largest absolute Gasteiger partial charge is 0.307 e. The molecule has 2 saturated carbocycles. The van der Waals surface area contributed by atoms with Crippen LogP contribution < -0.4 is 4.90 Å². The zero-order chi connectivity index (χ0) is 15.9. The summed E-state index contributed by atoms with van der Waals surface area (Å²) < 4.78 is -0.833. The molecule has 0 N–H and O–H groups in total. The Bertz CT molecular complexity index is 636. The van der Waals surface area contributed by atoms with E-state index in [-0.39, 0.29) is 17.7 Å². The molecule has 0 bridgehead atoms. The number of rotatable bonds is 1. The summed E-state index contributed by atoms with van der Waals surface area (Å²) in [5, 5.41) is 0. The first-order valence-corrected chi connectivity index (χ1v) is 9.69. The first-order chi connectivity index (χ1) is 11.2. The minimum Gasteiger partial charge on any atom is -0.307 e. The number of benzene rings is 1. The van der Waals surface area contributed by atoms with E-state index in [0.29, 0.717) is 12.8 Å². The number of nitrogens with zero attached hydrogens (tertiary/aromatic N) is 1. The van der Waals surface area contributed by atoms with Crippen LogP contribution in [0.3, 0.4) is 0 Å². The van der Waals surface area contributed by atoms with Crippen molar-refractivity contribution >= 4 is 29.1 Å². The van der Waals surface area contributed by atoms with Crippen LogP contribution in [-0.2, 0) is 9.59 Å². The van der Waals surface area contributed by atoms with Gasteiger partial charge in [-0.1, -0.05) is 49.6 Å². The number of amides is 1. The molecule has 1 aromatic carbocycles. The molecule has 1 aliphatic heterocycles. The van der Waals surface area contributed by atoms with E-state index in [1.807, 2.05) is 17.0 Å². The van der Waals surface area contributed by atoms with Crippen LogP contribution in [0.2, 0.25) is 0 Å². The average Bonchev–Trinajstić information content (AvgIpc) is 2.77. The molecule has 2 fully saturated rings. The lowest BCUT2D eigenvalue weighted by atomic mass is 9.98. The number of carbonyl (C=O) groups is 2. The van der Waals surface area contributed by atoms with Crippen LogP contribution in [0.25, 0.3) is 0 Å². The number of ketones is 1. The van der Waals surface area contributed by atoms with E-state index in [1.165, 1.54) is 37.4 Å². The Balaban J connectivity index is 1.78. The van der Waals surface area contributed by atoms with Crippen molar-refractivity contribution in [2.45, 2.75) is 73.5 Å². The topological polar surface area (TPSA) is 37.4 Å². The van der Waals surface area contributed by atoms with Crippen molar-refractivity contribution in [2.24, 2.45) is 0 Å². The molecule has 1 atom stereocenters. The number of hydrogen-bond donors (Lipinski definition) is 0. The molecule has 1 spiro atoms. The number of para-hydroxylation sites is 1. The van der Waals surface area contributed by atoms with Gasteiger partial charge in [0.15, 0.2) is 10.5 Å². The van der Waals surface area contributed by atoms with Gasteiger partial charge in [0.25, 0.3) is 5.91 Å². The van der Waals surface area contributed by atoms with Crippen molar-refractivity contribution in [3.8, 4) is 0 Å². The van der Waals surface area contributed by atoms with Gasteiger partial charge in [-0.3, -0.25) is 9.59 Å². The number of carbonyl (C=O) groups excluding carboxylic acids is 2. The molecule has 1 heterocycles. The first kappa shape index (κ1) is 15.3. The molecular formula is C19H23NO2S. The maximum atomic E-state index is 13.4. The normalized spacial score (nSPS) is 29.0. The third-order valence-corrected chi connectivity index (χ3v) is 7.07. The predicted molar refractivity (Wildman–Crippen MR) is 92.9 cm³/mol. The molecule has 1 amide bonds. The Morgan fingerprint density at radius 3 is 2.43 bits per heavy atom. The Morgan fingerprint density at radius 2 is 1.74 bits per heavy atom. The summed E-state index contributed by atoms with van der Waals surface area (Å²) in [6.45, 7) is 0. The number of Topliss-reactive ketones (excluding diaryl/α,β-unsaturated/α-hetero) is 1. The second kappa shape index (κ2) is 5.97. The fourth-order valence-electron chi connectivity index (χ4n) is 4.33. The average molecular weight is 329 g/mol. The summed E-state index contributed by atoms with van der Waals surface area (Å²) in [7, 11) is 0. The van der Waals surface area contributed by atoms with E-state index in [4.69, 9.17) is 0 Å². The molecule has 4 heteroatoms. The smallest absolute Gasteiger partial charge is 0.251 e. The van der Waals surface area contributed by atoms with Crippen LogP contribution in [0.5, 0.6) is 0 Å². The van der Waals surface area contributed by atoms with Crippen LogP contribution >= 0.6 is 11.8 Å². The summed E-state index contributed by atoms with van der Waals surface area (Å²) in [6.07, 6.45) is 9.13. The highest BCUT2D eigenvalue weighted by Gasteiger charge is 2.55. The van der Waals surface area contributed by atoms with Gasteiger partial charge in [-0.25, -0.2) is 0 Å². The Kier molecular flexibility index (Phi) is 3.96. The van der Waals surface area contributed by atoms with Gasteiger partial charge in [-0.15, -0.1) is 0 Å². The first-order valence-electron chi connectivity index (χ1n) is 8.87. The minimum absolute atomic E-state index is 0.0654. The molecule has 0 aromatic heterocycles. The fourth-order valence-corrected chi connectivity index (χ4v) is 5.77. The van der Waals surface area contributed by atoms with Gasteiger partial charge in [-0.2, -0.15) is 0 Å². The number of thioether (sulfide) groups is 1. The molecule has 3 nitrogen and oxygen atoms in total. The molecule has 4 rings (SSSR count). The lowest BCUT2D eigenvalue weighted by molar-refractivity contribution is -0.129. The number of hydrogen-bond acceptors (Lipinski definition) is 3. The van der Waals surface area contributed by atoms with Crippen LogP contribution in [0, 0.1) is 0 Å². The van der Waals surface area contributed by atoms with Gasteiger partial charge in [0.05, 0.1) is 5.69 Å². The summed E-state index contributed by atoms with van der Waals surface area (Å²) in [6, 6.07) is 8.41. The van der Waals surface area contributed by atoms with E-state index < -0.39 is 4.75 Å². The predicted octanol–water partition coefficient (Wildman–Crippen LogP) is 4.34. The zero-order valence-corrected chi connectivity index (χ0v) is 14.2. The molecule has 1 unspecified atom stereocenters. The standard InChI is InChI=1S/C19H23NO2S/c21-17-12-7-13-19(17)18(22)20(14-8-3-1-2-4-9-14)15-10-5-6-11-16(15)23-19/h5-6,10-11,14H,1-4,7-9,12-13H2. The monoisotopic (exact) mass is 329 g/mol. The number of anilines is 1. The fraction of sp³-hybridized carbons (Fsp3) is 0.579. The lowest BCUT2D eigenvalue weighted by Crippen LogP contribution is -2.55. The quantitative estimate of drug-likeness (QED) is 0.568. The summed E-state index contributed by atoms with van der Waals surface area (Å²) in [5.74, 6) is 0.205. The zero-order valence-electron chi connectivity index (χ0n) is 13.4. The van der Waals surface area contributed by atoms with E-state index in [2.05, 4.69) is 12.1 Å². The minimum atomic E-state index is -0.833. The van der Waals surface area contributed by atoms with Crippen LogP contribution in [-0.4, -0.2) is 22.5 Å². The highest BCUT2D eigenvalue weighted by molar-refractivity contribution is 8.02. The molecule has 3 aliphatic rings. The molecule has 0 radical (unpaired) electrons. The highest BCUT2D eigenvalue weighted by atomic mass is 32.2. The second-order valence-corrected chi connectivity index (χ2v) is 8.33. The van der Waals surface area contributed by atoms with Gasteiger partial charge in [0.2, 0.25) is 0 Å². The molecular weight excluding hydrogens is 306 g/mol. The van der Waals surface area contributed by atoms with Crippen LogP contribution in [0.15, 0.2) is 29.2 Å². The van der Waals surface area contributed by atoms with Crippen LogP contribution in [0.1, 0.15) is 57.8 Å². The highest BCUT2D eigenvalue weighted by Crippen LogP contribution is 2.52. The van der Waals surface area contributed by atoms with Gasteiger partial charge in [0.1, 0.15) is 0 Å². The van der Waals surface area contributed by atoms with Crippen molar-refractivity contribution in [2.75, 3.05) is 4.90 Å². The Labute approximate surface area is 141 Å². The molecule has 23 heavy (non-hydrogen) atoms. The molecule has 122 valence electrons. The van der Waals surface area contributed by atoms with Gasteiger partial charge >= 0.3 is 0 Å². The van der Waals surface area contributed by atoms with Gasteiger partial charge in [-0.05, 0) is 37.8 Å².